The Labute approximate surface area is 171 Å². The minimum absolute atomic E-state index is 0.222. The predicted molar refractivity (Wildman–Crippen MR) is 106 cm³/mol. The number of hydrogen-bond donors (Lipinski definition) is 0. The second-order valence-corrected chi connectivity index (χ2v) is 7.73. The first kappa shape index (κ1) is 18.8. The first-order valence-corrected chi connectivity index (χ1v) is 9.93. The van der Waals surface area contributed by atoms with E-state index in [4.69, 9.17) is 4.74 Å². The molecule has 7 heteroatoms. The van der Waals surface area contributed by atoms with Gasteiger partial charge in [-0.2, -0.15) is 0 Å². The van der Waals surface area contributed by atoms with Crippen LogP contribution in [0.1, 0.15) is 26.3 Å². The average Bonchev–Trinajstić information content (AvgIpc) is 2.98. The van der Waals surface area contributed by atoms with Crippen LogP contribution in [0, 0.1) is 0 Å². The van der Waals surface area contributed by atoms with Crippen LogP contribution < -0.4 is 0 Å². The first-order valence-electron chi connectivity index (χ1n) is 9.14. The summed E-state index contributed by atoms with van der Waals surface area (Å²) in [5.74, 6) is -1.05. The summed E-state index contributed by atoms with van der Waals surface area (Å²) in [6.45, 7) is 1.83. The third kappa shape index (κ3) is 3.47. The van der Waals surface area contributed by atoms with E-state index in [1.54, 1.807) is 29.2 Å². The lowest BCUT2D eigenvalue weighted by Crippen LogP contribution is -2.54. The molecule has 1 fully saturated rings. The predicted octanol–water partition coefficient (Wildman–Crippen LogP) is 2.52. The number of morpholine rings is 1. The molecule has 0 N–H and O–H groups in total. The Balaban J connectivity index is 1.68. The number of halogens is 1. The molecule has 4 rings (SSSR count). The molecule has 1 atom stereocenters. The molecule has 0 aromatic heterocycles. The molecule has 28 heavy (non-hydrogen) atoms. The van der Waals surface area contributed by atoms with Gasteiger partial charge in [0, 0.05) is 24.0 Å². The fourth-order valence-electron chi connectivity index (χ4n) is 3.62. The van der Waals surface area contributed by atoms with Crippen LogP contribution >= 0.6 is 15.9 Å². The third-order valence-corrected chi connectivity index (χ3v) is 5.62. The van der Waals surface area contributed by atoms with Crippen molar-refractivity contribution < 1.29 is 19.1 Å². The van der Waals surface area contributed by atoms with Crippen LogP contribution in [0.3, 0.4) is 0 Å². The van der Waals surface area contributed by atoms with Crippen LogP contribution in [0.4, 0.5) is 0 Å². The Morgan fingerprint density at radius 2 is 1.54 bits per heavy atom. The van der Waals surface area contributed by atoms with E-state index in [1.165, 1.54) is 0 Å². The molecule has 2 aromatic rings. The normalized spacial score (nSPS) is 17.6. The van der Waals surface area contributed by atoms with Gasteiger partial charge in [0.2, 0.25) is 5.91 Å². The quantitative estimate of drug-likeness (QED) is 0.682. The first-order chi connectivity index (χ1) is 13.6. The highest BCUT2D eigenvalue weighted by Crippen LogP contribution is 2.27. The Bertz CT molecular complexity index is 887. The van der Waals surface area contributed by atoms with Gasteiger partial charge in [0.1, 0.15) is 6.04 Å². The summed E-state index contributed by atoms with van der Waals surface area (Å²) >= 11 is 3.40. The van der Waals surface area contributed by atoms with Gasteiger partial charge >= 0.3 is 0 Å². The van der Waals surface area contributed by atoms with E-state index in [-0.39, 0.29) is 12.3 Å². The van der Waals surface area contributed by atoms with Gasteiger partial charge in [-0.1, -0.05) is 40.2 Å². The Morgan fingerprint density at radius 1 is 0.964 bits per heavy atom. The Hall–Kier alpha value is -2.51. The lowest BCUT2D eigenvalue weighted by atomic mass is 10.0. The van der Waals surface area contributed by atoms with E-state index in [2.05, 4.69) is 15.9 Å². The number of carbonyl (C=O) groups excluding carboxylic acids is 3. The van der Waals surface area contributed by atoms with Crippen molar-refractivity contribution in [3.63, 3.8) is 0 Å². The summed E-state index contributed by atoms with van der Waals surface area (Å²) in [5, 5.41) is 0. The van der Waals surface area contributed by atoms with Crippen molar-refractivity contribution in [2.75, 3.05) is 26.3 Å². The molecule has 0 aliphatic carbocycles. The van der Waals surface area contributed by atoms with Gasteiger partial charge in [0.25, 0.3) is 11.8 Å². The number of fused-ring (bicyclic) bond motifs is 1. The Morgan fingerprint density at radius 3 is 2.11 bits per heavy atom. The van der Waals surface area contributed by atoms with Gasteiger partial charge in [-0.3, -0.25) is 19.3 Å². The molecule has 0 saturated carbocycles. The molecule has 2 aliphatic rings. The van der Waals surface area contributed by atoms with E-state index < -0.39 is 17.9 Å². The molecule has 2 aromatic carbocycles. The van der Waals surface area contributed by atoms with Crippen LogP contribution in [0.5, 0.6) is 0 Å². The summed E-state index contributed by atoms with van der Waals surface area (Å²) < 4.78 is 6.26. The highest BCUT2D eigenvalue weighted by atomic mass is 79.9. The zero-order valence-electron chi connectivity index (χ0n) is 15.1. The zero-order valence-corrected chi connectivity index (χ0v) is 16.7. The van der Waals surface area contributed by atoms with Crippen molar-refractivity contribution in [3.05, 3.63) is 69.7 Å². The fraction of sp³-hybridized carbons (Fsp3) is 0.286. The summed E-state index contributed by atoms with van der Waals surface area (Å²) in [4.78, 5) is 42.1. The zero-order chi connectivity index (χ0) is 19.7. The number of ether oxygens (including phenoxy) is 1. The SMILES string of the molecule is O=C(C(Cc1ccc(Br)cc1)N1C(=O)c2ccccc2C1=O)N1CCOCC1. The number of rotatable bonds is 4. The summed E-state index contributed by atoms with van der Waals surface area (Å²) in [5.41, 5.74) is 1.58. The fourth-order valence-corrected chi connectivity index (χ4v) is 3.88. The summed E-state index contributed by atoms with van der Waals surface area (Å²) in [7, 11) is 0. The lowest BCUT2D eigenvalue weighted by Gasteiger charge is -2.33. The maximum absolute atomic E-state index is 13.3. The van der Waals surface area contributed by atoms with E-state index >= 15 is 0 Å². The molecule has 3 amide bonds. The number of benzene rings is 2. The largest absolute Gasteiger partial charge is 0.378 e. The molecule has 0 bridgehead atoms. The maximum atomic E-state index is 13.3. The van der Waals surface area contributed by atoms with Crippen molar-refractivity contribution in [1.29, 1.82) is 0 Å². The van der Waals surface area contributed by atoms with Crippen LogP contribution in [-0.2, 0) is 16.0 Å². The number of nitrogens with zero attached hydrogens (tertiary/aromatic N) is 2. The van der Waals surface area contributed by atoms with E-state index in [0.717, 1.165) is 14.9 Å². The van der Waals surface area contributed by atoms with E-state index in [1.807, 2.05) is 24.3 Å². The molecular formula is C21H19BrN2O4. The Kier molecular flexibility index (Phi) is 5.28. The van der Waals surface area contributed by atoms with Gasteiger partial charge in [-0.25, -0.2) is 0 Å². The van der Waals surface area contributed by atoms with Crippen molar-refractivity contribution >= 4 is 33.7 Å². The number of amides is 3. The molecule has 0 radical (unpaired) electrons. The number of imide groups is 1. The van der Waals surface area contributed by atoms with Gasteiger partial charge in [-0.15, -0.1) is 0 Å². The molecule has 144 valence electrons. The highest BCUT2D eigenvalue weighted by molar-refractivity contribution is 9.10. The topological polar surface area (TPSA) is 66.9 Å². The molecule has 0 spiro atoms. The number of hydrogen-bond acceptors (Lipinski definition) is 4. The second-order valence-electron chi connectivity index (χ2n) is 6.81. The smallest absolute Gasteiger partial charge is 0.262 e. The van der Waals surface area contributed by atoms with Crippen LogP contribution in [-0.4, -0.2) is 59.9 Å². The standard InChI is InChI=1S/C21H19BrN2O4/c22-15-7-5-14(6-8-15)13-18(21(27)23-9-11-28-12-10-23)24-19(25)16-3-1-2-4-17(16)20(24)26/h1-8,18H,9-13H2. The van der Waals surface area contributed by atoms with Gasteiger partial charge in [-0.05, 0) is 29.8 Å². The molecule has 6 nitrogen and oxygen atoms in total. The summed E-state index contributed by atoms with van der Waals surface area (Å²) in [6.07, 6.45) is 0.273. The van der Waals surface area contributed by atoms with E-state index in [0.29, 0.717) is 37.4 Å². The monoisotopic (exact) mass is 442 g/mol. The van der Waals surface area contributed by atoms with Crippen molar-refractivity contribution in [2.45, 2.75) is 12.5 Å². The van der Waals surface area contributed by atoms with Crippen molar-refractivity contribution in [2.24, 2.45) is 0 Å². The third-order valence-electron chi connectivity index (χ3n) is 5.09. The van der Waals surface area contributed by atoms with Crippen LogP contribution in [0.15, 0.2) is 53.0 Å². The molecular weight excluding hydrogens is 424 g/mol. The molecule has 2 aliphatic heterocycles. The highest BCUT2D eigenvalue weighted by Gasteiger charge is 2.43. The van der Waals surface area contributed by atoms with E-state index in [9.17, 15) is 14.4 Å². The van der Waals surface area contributed by atoms with Gasteiger partial charge in [0.15, 0.2) is 0 Å². The second kappa shape index (κ2) is 7.85. The van der Waals surface area contributed by atoms with Crippen molar-refractivity contribution in [3.8, 4) is 0 Å². The van der Waals surface area contributed by atoms with Crippen LogP contribution in [0.25, 0.3) is 0 Å². The minimum Gasteiger partial charge on any atom is -0.378 e. The van der Waals surface area contributed by atoms with Gasteiger partial charge < -0.3 is 9.64 Å². The van der Waals surface area contributed by atoms with Gasteiger partial charge in [0.05, 0.1) is 24.3 Å². The summed E-state index contributed by atoms with van der Waals surface area (Å²) in [6, 6.07) is 13.4. The minimum atomic E-state index is -0.883. The maximum Gasteiger partial charge on any atom is 0.262 e. The molecule has 1 saturated heterocycles. The van der Waals surface area contributed by atoms with Crippen molar-refractivity contribution in [1.82, 2.24) is 9.80 Å². The lowest BCUT2D eigenvalue weighted by molar-refractivity contribution is -0.139. The molecule has 1 unspecified atom stereocenters. The van der Waals surface area contributed by atoms with Crippen LogP contribution in [0.2, 0.25) is 0 Å². The number of carbonyl (C=O) groups is 3. The average molecular weight is 443 g/mol. The molecule has 2 heterocycles.